The largest absolute Gasteiger partial charge is 0.369 e. The smallest absolute Gasteiger partial charge is 0.350 e. The number of aromatic nitrogens is 3. The van der Waals surface area contributed by atoms with Gasteiger partial charge in [0.1, 0.15) is 16.5 Å². The van der Waals surface area contributed by atoms with Crippen LogP contribution in [-0.4, -0.2) is 53.1 Å². The van der Waals surface area contributed by atoms with Gasteiger partial charge in [-0.15, -0.1) is 5.10 Å². The molecule has 1 saturated heterocycles. The molecule has 8 nitrogen and oxygen atoms in total. The van der Waals surface area contributed by atoms with E-state index in [1.165, 1.54) is 57.4 Å². The molecule has 2 aromatic carbocycles. The Hall–Kier alpha value is -3.57. The van der Waals surface area contributed by atoms with Crippen molar-refractivity contribution in [2.45, 2.75) is 11.4 Å². The lowest BCUT2D eigenvalue weighted by Crippen LogP contribution is -2.48. The van der Waals surface area contributed by atoms with Crippen molar-refractivity contribution in [1.29, 1.82) is 0 Å². The van der Waals surface area contributed by atoms with E-state index in [2.05, 4.69) is 5.10 Å². The first-order chi connectivity index (χ1) is 16.3. The molecular weight excluding hydrogens is 464 g/mol. The highest BCUT2D eigenvalue weighted by Crippen LogP contribution is 2.23. The van der Waals surface area contributed by atoms with E-state index < -0.39 is 21.5 Å². The molecule has 11 heteroatoms. The first-order valence-corrected chi connectivity index (χ1v) is 12.1. The fraction of sp³-hybridized carbons (Fsp3) is 0.217. The van der Waals surface area contributed by atoms with Crippen molar-refractivity contribution in [2.75, 3.05) is 31.1 Å². The van der Waals surface area contributed by atoms with Crippen LogP contribution in [0.15, 0.2) is 76.6 Å². The number of fused-ring (bicyclic) bond motifs is 1. The fourth-order valence-electron chi connectivity index (χ4n) is 4.10. The maximum absolute atomic E-state index is 13.5. The van der Waals surface area contributed by atoms with Crippen molar-refractivity contribution in [3.8, 4) is 0 Å². The summed E-state index contributed by atoms with van der Waals surface area (Å²) in [4.78, 5) is 14.7. The predicted molar refractivity (Wildman–Crippen MR) is 122 cm³/mol. The van der Waals surface area contributed by atoms with Gasteiger partial charge in [0.15, 0.2) is 5.65 Å². The van der Waals surface area contributed by atoms with Crippen molar-refractivity contribution in [3.63, 3.8) is 0 Å². The number of hydrogen-bond acceptors (Lipinski definition) is 5. The molecule has 1 aliphatic heterocycles. The highest BCUT2D eigenvalue weighted by atomic mass is 32.2. The summed E-state index contributed by atoms with van der Waals surface area (Å²) in [5.74, 6) is -0.762. The Morgan fingerprint density at radius 1 is 0.882 bits per heavy atom. The summed E-state index contributed by atoms with van der Waals surface area (Å²) >= 11 is 0. The van der Waals surface area contributed by atoms with E-state index in [1.807, 2.05) is 4.90 Å². The molecule has 0 spiro atoms. The second-order valence-electron chi connectivity index (χ2n) is 8.00. The van der Waals surface area contributed by atoms with Crippen LogP contribution in [0.2, 0.25) is 0 Å². The first kappa shape index (κ1) is 22.2. The lowest BCUT2D eigenvalue weighted by atomic mass is 10.2. The van der Waals surface area contributed by atoms with E-state index in [-0.39, 0.29) is 36.0 Å². The van der Waals surface area contributed by atoms with Crippen LogP contribution >= 0.6 is 0 Å². The first-order valence-electron chi connectivity index (χ1n) is 10.7. The average Bonchev–Trinajstić information content (AvgIpc) is 3.15. The molecule has 5 rings (SSSR count). The zero-order chi connectivity index (χ0) is 23.9. The lowest BCUT2D eigenvalue weighted by molar-refractivity contribution is 0.385. The molecule has 2 aromatic heterocycles. The van der Waals surface area contributed by atoms with E-state index >= 15 is 0 Å². The number of hydrogen-bond donors (Lipinski definition) is 0. The van der Waals surface area contributed by atoms with Gasteiger partial charge in [-0.05, 0) is 54.1 Å². The van der Waals surface area contributed by atoms with Crippen molar-refractivity contribution in [3.05, 3.63) is 94.5 Å². The van der Waals surface area contributed by atoms with Crippen LogP contribution in [0.4, 0.5) is 14.5 Å². The van der Waals surface area contributed by atoms with Crippen molar-refractivity contribution >= 4 is 21.4 Å². The van der Waals surface area contributed by atoms with E-state index in [0.717, 1.165) is 10.4 Å². The maximum atomic E-state index is 13.5. The van der Waals surface area contributed by atoms with Gasteiger partial charge in [0.05, 0.1) is 6.54 Å². The summed E-state index contributed by atoms with van der Waals surface area (Å²) < 4.78 is 57.3. The number of anilines is 1. The van der Waals surface area contributed by atoms with E-state index in [1.54, 1.807) is 18.2 Å². The maximum Gasteiger partial charge on any atom is 0.350 e. The van der Waals surface area contributed by atoms with E-state index in [9.17, 15) is 22.0 Å². The summed E-state index contributed by atoms with van der Waals surface area (Å²) in [6.45, 7) is 1.35. The van der Waals surface area contributed by atoms with Crippen LogP contribution in [0.3, 0.4) is 0 Å². The molecule has 0 unspecified atom stereocenters. The molecule has 0 amide bonds. The summed E-state index contributed by atoms with van der Waals surface area (Å²) in [6.07, 6.45) is 1.46. The molecule has 0 atom stereocenters. The third-order valence-corrected chi connectivity index (χ3v) is 7.76. The van der Waals surface area contributed by atoms with E-state index in [4.69, 9.17) is 0 Å². The molecule has 0 saturated carbocycles. The highest BCUT2D eigenvalue weighted by Gasteiger charge is 2.31. The number of pyridine rings is 1. The average molecular weight is 486 g/mol. The molecule has 34 heavy (non-hydrogen) atoms. The van der Waals surface area contributed by atoms with Gasteiger partial charge < -0.3 is 4.90 Å². The predicted octanol–water partition coefficient (Wildman–Crippen LogP) is 2.33. The Labute approximate surface area is 194 Å². The van der Waals surface area contributed by atoms with Gasteiger partial charge in [0.25, 0.3) is 0 Å². The quantitative estimate of drug-likeness (QED) is 0.434. The van der Waals surface area contributed by atoms with E-state index in [0.29, 0.717) is 18.7 Å². The number of benzene rings is 2. The monoisotopic (exact) mass is 485 g/mol. The molecule has 0 N–H and O–H groups in total. The fourth-order valence-corrected chi connectivity index (χ4v) is 5.65. The van der Waals surface area contributed by atoms with Gasteiger partial charge in [0, 0.05) is 38.1 Å². The van der Waals surface area contributed by atoms with Gasteiger partial charge in [-0.1, -0.05) is 12.1 Å². The minimum absolute atomic E-state index is 0.00804. The Morgan fingerprint density at radius 2 is 1.62 bits per heavy atom. The van der Waals surface area contributed by atoms with Gasteiger partial charge in [-0.25, -0.2) is 31.1 Å². The highest BCUT2D eigenvalue weighted by molar-refractivity contribution is 7.89. The zero-order valence-corrected chi connectivity index (χ0v) is 18.8. The number of rotatable bonds is 5. The van der Waals surface area contributed by atoms with Gasteiger partial charge in [-0.2, -0.15) is 4.31 Å². The molecule has 1 fully saturated rings. The van der Waals surface area contributed by atoms with Crippen molar-refractivity contribution in [1.82, 2.24) is 18.5 Å². The van der Waals surface area contributed by atoms with Crippen molar-refractivity contribution in [2.24, 2.45) is 0 Å². The van der Waals surface area contributed by atoms with Crippen LogP contribution in [0.25, 0.3) is 5.65 Å². The van der Waals surface area contributed by atoms with Gasteiger partial charge in [-0.3, -0.25) is 0 Å². The number of piperazine rings is 1. The van der Waals surface area contributed by atoms with Crippen LogP contribution in [-0.2, 0) is 16.6 Å². The van der Waals surface area contributed by atoms with Gasteiger partial charge >= 0.3 is 5.69 Å². The molecule has 4 aromatic rings. The minimum atomic E-state index is -3.93. The standard InChI is InChI=1S/C23H21F2N5O3S/c24-18-6-8-20(9-7-18)27-11-13-28(14-12-27)34(32,33)21-5-2-10-29-22(21)26-30(23(29)31)16-17-3-1-4-19(25)15-17/h1-10,15H,11-14,16H2. The second-order valence-corrected chi connectivity index (χ2v) is 9.91. The Morgan fingerprint density at radius 3 is 2.32 bits per heavy atom. The Bertz CT molecular complexity index is 1510. The Balaban J connectivity index is 1.42. The molecule has 3 heterocycles. The van der Waals surface area contributed by atoms with Crippen LogP contribution in [0.1, 0.15) is 5.56 Å². The Kier molecular flexibility index (Phi) is 5.66. The molecule has 1 aliphatic rings. The van der Waals surface area contributed by atoms with Crippen LogP contribution in [0.5, 0.6) is 0 Å². The van der Waals surface area contributed by atoms with Crippen LogP contribution < -0.4 is 10.6 Å². The normalized spacial score (nSPS) is 15.2. The minimum Gasteiger partial charge on any atom is -0.369 e. The van der Waals surface area contributed by atoms with Crippen LogP contribution in [0, 0.1) is 11.6 Å². The number of sulfonamides is 1. The summed E-state index contributed by atoms with van der Waals surface area (Å²) in [6, 6.07) is 14.8. The molecule has 0 radical (unpaired) electrons. The molecule has 176 valence electrons. The number of halogens is 2. The second kappa shape index (κ2) is 8.65. The topological polar surface area (TPSA) is 79.9 Å². The molecule has 0 aliphatic carbocycles. The zero-order valence-electron chi connectivity index (χ0n) is 18.0. The van der Waals surface area contributed by atoms with Gasteiger partial charge in [0.2, 0.25) is 10.0 Å². The molecule has 0 bridgehead atoms. The third-order valence-electron chi connectivity index (χ3n) is 5.84. The van der Waals surface area contributed by atoms with Crippen molar-refractivity contribution < 1.29 is 17.2 Å². The molecular formula is C23H21F2N5O3S. The summed E-state index contributed by atoms with van der Waals surface area (Å²) in [7, 11) is -3.93. The summed E-state index contributed by atoms with van der Waals surface area (Å²) in [5, 5.41) is 4.26. The lowest BCUT2D eigenvalue weighted by Gasteiger charge is -2.35. The summed E-state index contributed by atoms with van der Waals surface area (Å²) in [5.41, 5.74) is 0.859. The number of nitrogens with zero attached hydrogens (tertiary/aromatic N) is 5. The SMILES string of the molecule is O=c1n(Cc2cccc(F)c2)nc2c(S(=O)(=O)N3CCN(c4ccc(F)cc4)CC3)cccn12. The third kappa shape index (κ3) is 4.08.